The quantitative estimate of drug-likeness (QED) is 0.176. The van der Waals surface area contributed by atoms with E-state index in [1.54, 1.807) is 0 Å². The molecule has 11 rings (SSSR count). The van der Waals surface area contributed by atoms with Gasteiger partial charge in [-0.15, -0.1) is 0 Å². The van der Waals surface area contributed by atoms with Crippen LogP contribution in [0, 0.1) is 0 Å². The van der Waals surface area contributed by atoms with Crippen molar-refractivity contribution in [1.82, 2.24) is 9.97 Å². The molecule has 2 heteroatoms. The second-order valence-electron chi connectivity index (χ2n) is 15.8. The maximum atomic E-state index is 5.25. The number of aromatic nitrogens is 2. The van der Waals surface area contributed by atoms with Gasteiger partial charge in [-0.3, -0.25) is 0 Å². The Bertz CT molecular complexity index is 3190. The highest BCUT2D eigenvalue weighted by atomic mass is 14.9. The number of nitrogens with zero attached hydrogens (tertiary/aromatic N) is 2. The van der Waals surface area contributed by atoms with Crippen molar-refractivity contribution in [2.45, 2.75) is 19.3 Å². The molecule has 268 valence electrons. The lowest BCUT2D eigenvalue weighted by Gasteiger charge is -2.22. The average Bonchev–Trinajstić information content (AvgIpc) is 3.49. The second kappa shape index (κ2) is 13.0. The molecular formula is C55H38N2. The lowest BCUT2D eigenvalue weighted by atomic mass is 9.81. The summed E-state index contributed by atoms with van der Waals surface area (Å²) in [6.45, 7) is 4.72. The molecule has 0 saturated carbocycles. The smallest absolute Gasteiger partial charge is 0.161 e. The highest BCUT2D eigenvalue weighted by Gasteiger charge is 2.36. The third-order valence-corrected chi connectivity index (χ3v) is 12.1. The summed E-state index contributed by atoms with van der Waals surface area (Å²) in [5.74, 6) is 0.715. The van der Waals surface area contributed by atoms with Crippen LogP contribution in [0.15, 0.2) is 194 Å². The lowest BCUT2D eigenvalue weighted by Crippen LogP contribution is -2.15. The first-order valence-electron chi connectivity index (χ1n) is 19.7. The Balaban J connectivity index is 0.974. The van der Waals surface area contributed by atoms with Gasteiger partial charge in [-0.25, -0.2) is 9.97 Å². The molecule has 1 aliphatic carbocycles. The highest BCUT2D eigenvalue weighted by molar-refractivity contribution is 6.04. The van der Waals surface area contributed by atoms with Gasteiger partial charge in [0, 0.05) is 22.1 Å². The maximum Gasteiger partial charge on any atom is 0.161 e. The van der Waals surface area contributed by atoms with Crippen LogP contribution in [0.5, 0.6) is 0 Å². The Kier molecular flexibility index (Phi) is 7.55. The zero-order chi connectivity index (χ0) is 38.1. The summed E-state index contributed by atoms with van der Waals surface area (Å²) in [6, 6.07) is 70.2. The molecule has 0 unspecified atom stereocenters. The van der Waals surface area contributed by atoms with Crippen LogP contribution in [-0.2, 0) is 5.41 Å². The molecule has 0 saturated heterocycles. The fourth-order valence-electron chi connectivity index (χ4n) is 9.01. The monoisotopic (exact) mass is 726 g/mol. The predicted octanol–water partition coefficient (Wildman–Crippen LogP) is 14.6. The summed E-state index contributed by atoms with van der Waals surface area (Å²) in [4.78, 5) is 10.5. The molecule has 0 fully saturated rings. The molecule has 0 radical (unpaired) electrons. The van der Waals surface area contributed by atoms with Crippen LogP contribution in [0.1, 0.15) is 25.0 Å². The van der Waals surface area contributed by atoms with Gasteiger partial charge in [0.05, 0.1) is 11.4 Å². The number of benzene rings is 9. The SMILES string of the molecule is CC1(C)c2cc(-c3ccc(-c4ccc(-c5nc(-c6ccccc6)cc(-c6ccc7ccccc7c6)n5)c5ccccc45)cc3)ccc2-c2cc3ccccc3cc21. The molecule has 0 spiro atoms. The number of hydrogen-bond acceptors (Lipinski definition) is 2. The van der Waals surface area contributed by atoms with Gasteiger partial charge in [-0.2, -0.15) is 0 Å². The van der Waals surface area contributed by atoms with E-state index >= 15 is 0 Å². The van der Waals surface area contributed by atoms with Crippen molar-refractivity contribution in [3.05, 3.63) is 205 Å². The zero-order valence-corrected chi connectivity index (χ0v) is 31.9. The Morgan fingerprint density at radius 2 is 0.842 bits per heavy atom. The Labute approximate surface area is 332 Å². The predicted molar refractivity (Wildman–Crippen MR) is 239 cm³/mol. The van der Waals surface area contributed by atoms with Crippen molar-refractivity contribution in [3.8, 4) is 67.3 Å². The third kappa shape index (κ3) is 5.56. The molecule has 57 heavy (non-hydrogen) atoms. The average molecular weight is 727 g/mol. The van der Waals surface area contributed by atoms with Gasteiger partial charge >= 0.3 is 0 Å². The largest absolute Gasteiger partial charge is 0.228 e. The van der Waals surface area contributed by atoms with Crippen molar-refractivity contribution in [2.75, 3.05) is 0 Å². The standard InChI is InChI=1S/C55H38N2/c1-55(2)50-33-42(26-27-47(50)49-31-40-16-8-9-17-41(40)32-51(49)55)36-20-23-37(24-21-36)44-28-29-48(46-19-11-10-18-45(44)46)54-56-52(38-13-4-3-5-14-38)34-53(57-54)43-25-22-35-12-6-7-15-39(35)30-43/h3-34H,1-2H3. The van der Waals surface area contributed by atoms with Crippen molar-refractivity contribution < 1.29 is 0 Å². The van der Waals surface area contributed by atoms with Crippen molar-refractivity contribution >= 4 is 32.3 Å². The second-order valence-corrected chi connectivity index (χ2v) is 15.8. The molecule has 0 atom stereocenters. The molecular weight excluding hydrogens is 689 g/mol. The van der Waals surface area contributed by atoms with E-state index in [0.29, 0.717) is 5.82 Å². The van der Waals surface area contributed by atoms with Crippen molar-refractivity contribution in [1.29, 1.82) is 0 Å². The number of hydrogen-bond donors (Lipinski definition) is 0. The summed E-state index contributed by atoms with van der Waals surface area (Å²) in [5.41, 5.74) is 15.2. The van der Waals surface area contributed by atoms with Gasteiger partial charge in [0.25, 0.3) is 0 Å². The van der Waals surface area contributed by atoms with Gasteiger partial charge in [0.1, 0.15) is 0 Å². The van der Waals surface area contributed by atoms with E-state index in [1.807, 2.05) is 6.07 Å². The Morgan fingerprint density at radius 3 is 1.60 bits per heavy atom. The van der Waals surface area contributed by atoms with Gasteiger partial charge in [0.15, 0.2) is 5.82 Å². The van der Waals surface area contributed by atoms with Gasteiger partial charge in [0.2, 0.25) is 0 Å². The van der Waals surface area contributed by atoms with E-state index in [4.69, 9.17) is 9.97 Å². The van der Waals surface area contributed by atoms with E-state index in [9.17, 15) is 0 Å². The number of rotatable bonds is 5. The first-order chi connectivity index (χ1) is 28.0. The summed E-state index contributed by atoms with van der Waals surface area (Å²) >= 11 is 0. The van der Waals surface area contributed by atoms with Crippen LogP contribution in [0.2, 0.25) is 0 Å². The van der Waals surface area contributed by atoms with Crippen LogP contribution in [0.25, 0.3) is 99.6 Å². The fraction of sp³-hybridized carbons (Fsp3) is 0.0545. The highest BCUT2D eigenvalue weighted by Crippen LogP contribution is 2.51. The Hall–Kier alpha value is -7.16. The van der Waals surface area contributed by atoms with Crippen molar-refractivity contribution in [3.63, 3.8) is 0 Å². The van der Waals surface area contributed by atoms with Crippen LogP contribution in [-0.4, -0.2) is 9.97 Å². The Morgan fingerprint density at radius 1 is 0.316 bits per heavy atom. The molecule has 10 aromatic rings. The summed E-state index contributed by atoms with van der Waals surface area (Å²) in [5, 5.41) is 7.29. The molecule has 0 amide bonds. The van der Waals surface area contributed by atoms with Gasteiger partial charge in [-0.05, 0) is 113 Å². The molecule has 1 aliphatic rings. The maximum absolute atomic E-state index is 5.25. The first kappa shape index (κ1) is 33.2. The summed E-state index contributed by atoms with van der Waals surface area (Å²) in [7, 11) is 0. The van der Waals surface area contributed by atoms with E-state index in [0.717, 1.165) is 33.5 Å². The lowest BCUT2D eigenvalue weighted by molar-refractivity contribution is 0.661. The van der Waals surface area contributed by atoms with Gasteiger partial charge in [-0.1, -0.05) is 172 Å². The minimum atomic E-state index is -0.0775. The summed E-state index contributed by atoms with van der Waals surface area (Å²) in [6.07, 6.45) is 0. The zero-order valence-electron chi connectivity index (χ0n) is 31.9. The third-order valence-electron chi connectivity index (χ3n) is 12.1. The minimum absolute atomic E-state index is 0.0775. The normalized spacial score (nSPS) is 12.9. The molecule has 0 aliphatic heterocycles. The topological polar surface area (TPSA) is 25.8 Å². The van der Waals surface area contributed by atoms with Gasteiger partial charge < -0.3 is 0 Å². The molecule has 9 aromatic carbocycles. The van der Waals surface area contributed by atoms with E-state index < -0.39 is 0 Å². The number of fused-ring (bicyclic) bond motifs is 6. The minimum Gasteiger partial charge on any atom is -0.228 e. The fourth-order valence-corrected chi connectivity index (χ4v) is 9.01. The molecule has 2 nitrogen and oxygen atoms in total. The summed E-state index contributed by atoms with van der Waals surface area (Å²) < 4.78 is 0. The molecule has 1 aromatic heterocycles. The molecule has 0 bridgehead atoms. The van der Waals surface area contributed by atoms with Crippen LogP contribution in [0.4, 0.5) is 0 Å². The van der Waals surface area contributed by atoms with E-state index in [1.165, 1.54) is 71.4 Å². The van der Waals surface area contributed by atoms with Crippen molar-refractivity contribution in [2.24, 2.45) is 0 Å². The van der Waals surface area contributed by atoms with Crippen LogP contribution in [0.3, 0.4) is 0 Å². The first-order valence-corrected chi connectivity index (χ1v) is 19.7. The van der Waals surface area contributed by atoms with E-state index in [2.05, 4.69) is 202 Å². The van der Waals surface area contributed by atoms with E-state index in [-0.39, 0.29) is 5.41 Å². The molecule has 0 N–H and O–H groups in total. The van der Waals surface area contributed by atoms with Crippen LogP contribution >= 0.6 is 0 Å². The molecule has 1 heterocycles. The van der Waals surface area contributed by atoms with Crippen LogP contribution < -0.4 is 0 Å².